The van der Waals surface area contributed by atoms with Crippen LogP contribution >= 0.6 is 22.9 Å². The van der Waals surface area contributed by atoms with E-state index < -0.39 is 6.04 Å². The third-order valence-corrected chi connectivity index (χ3v) is 5.81. The molecule has 1 fully saturated rings. The topological polar surface area (TPSA) is 80.1 Å². The van der Waals surface area contributed by atoms with Crippen molar-refractivity contribution in [2.45, 2.75) is 52.1 Å². The molecule has 0 radical (unpaired) electrons. The summed E-state index contributed by atoms with van der Waals surface area (Å²) in [5.74, 6) is -0.399. The molecule has 1 aliphatic heterocycles. The molecule has 7 nitrogen and oxygen atoms in total. The highest BCUT2D eigenvalue weighted by atomic mass is 35.5. The van der Waals surface area contributed by atoms with Gasteiger partial charge in [-0.25, -0.2) is 4.98 Å². The summed E-state index contributed by atoms with van der Waals surface area (Å²) >= 11 is 7.78. The molecular formula is C19H24ClN5O2S. The van der Waals surface area contributed by atoms with E-state index in [4.69, 9.17) is 11.6 Å². The quantitative estimate of drug-likeness (QED) is 0.690. The zero-order chi connectivity index (χ0) is 20.1. The van der Waals surface area contributed by atoms with Gasteiger partial charge in [-0.2, -0.15) is 5.10 Å². The Morgan fingerprint density at radius 3 is 3.00 bits per heavy atom. The number of carbonyl (C=O) groups is 2. The number of carbonyl (C=O) groups excluding carboxylic acids is 2. The molecule has 1 atom stereocenters. The van der Waals surface area contributed by atoms with Crippen molar-refractivity contribution < 1.29 is 9.59 Å². The minimum absolute atomic E-state index is 0.198. The van der Waals surface area contributed by atoms with Gasteiger partial charge >= 0.3 is 0 Å². The molecule has 1 N–H and O–H groups in total. The van der Waals surface area contributed by atoms with E-state index in [2.05, 4.69) is 22.3 Å². The van der Waals surface area contributed by atoms with Crippen LogP contribution in [0.1, 0.15) is 43.9 Å². The van der Waals surface area contributed by atoms with Gasteiger partial charge in [-0.15, -0.1) is 11.3 Å². The lowest BCUT2D eigenvalue weighted by Crippen LogP contribution is -2.42. The molecule has 0 spiro atoms. The molecule has 2 aromatic heterocycles. The summed E-state index contributed by atoms with van der Waals surface area (Å²) in [6, 6.07) is -0.482. The van der Waals surface area contributed by atoms with Gasteiger partial charge in [-0.1, -0.05) is 24.9 Å². The Labute approximate surface area is 173 Å². The number of amides is 2. The first-order valence-electron chi connectivity index (χ1n) is 9.43. The molecule has 28 heavy (non-hydrogen) atoms. The molecule has 9 heteroatoms. The number of hydrogen-bond donors (Lipinski definition) is 1. The predicted octanol–water partition coefficient (Wildman–Crippen LogP) is 3.74. The minimum Gasteiger partial charge on any atom is -0.327 e. The molecule has 2 aromatic rings. The van der Waals surface area contributed by atoms with Crippen molar-refractivity contribution in [3.8, 4) is 0 Å². The van der Waals surface area contributed by atoms with Crippen LogP contribution in [0.25, 0.3) is 6.08 Å². The van der Waals surface area contributed by atoms with Crippen molar-refractivity contribution in [1.82, 2.24) is 19.7 Å². The van der Waals surface area contributed by atoms with Gasteiger partial charge in [0.2, 0.25) is 11.8 Å². The zero-order valence-corrected chi connectivity index (χ0v) is 17.6. The maximum Gasteiger partial charge on any atom is 0.248 e. The van der Waals surface area contributed by atoms with E-state index >= 15 is 0 Å². The van der Waals surface area contributed by atoms with Crippen LogP contribution in [-0.4, -0.2) is 44.1 Å². The first kappa shape index (κ1) is 20.5. The monoisotopic (exact) mass is 421 g/mol. The number of anilines is 1. The standard InChI is InChI=1S/C19H24ClN5O2S/c1-3-4-11-25-17(20)14(13(2)23-25)7-8-16(26)24-10-5-6-15(24)18(27)22-19-21-9-12-28-19/h7-9,12,15H,3-6,10-11H2,1-2H3,(H,21,22,27)/b8-7+. The molecule has 3 rings (SSSR count). The van der Waals surface area contributed by atoms with Crippen molar-refractivity contribution in [2.24, 2.45) is 0 Å². The lowest BCUT2D eigenvalue weighted by Gasteiger charge is -2.22. The number of nitrogens with one attached hydrogen (secondary N) is 1. The summed E-state index contributed by atoms with van der Waals surface area (Å²) in [7, 11) is 0. The van der Waals surface area contributed by atoms with Gasteiger partial charge in [0.25, 0.3) is 0 Å². The van der Waals surface area contributed by atoms with Crippen molar-refractivity contribution in [3.63, 3.8) is 0 Å². The Morgan fingerprint density at radius 2 is 2.29 bits per heavy atom. The van der Waals surface area contributed by atoms with E-state index in [0.29, 0.717) is 23.3 Å². The van der Waals surface area contributed by atoms with E-state index in [9.17, 15) is 9.59 Å². The number of rotatable bonds is 7. The number of nitrogens with zero attached hydrogens (tertiary/aromatic N) is 4. The number of unbranched alkanes of at least 4 members (excludes halogenated alkanes) is 1. The Balaban J connectivity index is 1.68. The van der Waals surface area contributed by atoms with Crippen LogP contribution in [0.2, 0.25) is 5.15 Å². The first-order valence-corrected chi connectivity index (χ1v) is 10.7. The van der Waals surface area contributed by atoms with E-state index in [0.717, 1.165) is 37.1 Å². The van der Waals surface area contributed by atoms with Gasteiger partial charge in [0.15, 0.2) is 5.13 Å². The zero-order valence-electron chi connectivity index (χ0n) is 16.0. The summed E-state index contributed by atoms with van der Waals surface area (Å²) in [6.07, 6.45) is 8.30. The van der Waals surface area contributed by atoms with Crippen molar-refractivity contribution in [1.29, 1.82) is 0 Å². The normalized spacial score (nSPS) is 16.8. The summed E-state index contributed by atoms with van der Waals surface area (Å²) in [4.78, 5) is 30.9. The largest absolute Gasteiger partial charge is 0.327 e. The van der Waals surface area contributed by atoms with Crippen LogP contribution in [0, 0.1) is 6.92 Å². The van der Waals surface area contributed by atoms with Gasteiger partial charge < -0.3 is 10.2 Å². The molecule has 1 aliphatic rings. The highest BCUT2D eigenvalue weighted by Gasteiger charge is 2.33. The fraction of sp³-hybridized carbons (Fsp3) is 0.474. The second kappa shape index (κ2) is 9.34. The van der Waals surface area contributed by atoms with Crippen molar-refractivity contribution >= 4 is 46.0 Å². The summed E-state index contributed by atoms with van der Waals surface area (Å²) < 4.78 is 1.77. The summed E-state index contributed by atoms with van der Waals surface area (Å²) in [5, 5.41) is 10.1. The summed E-state index contributed by atoms with van der Waals surface area (Å²) in [5.41, 5.74) is 1.53. The minimum atomic E-state index is -0.482. The predicted molar refractivity (Wildman–Crippen MR) is 111 cm³/mol. The van der Waals surface area contributed by atoms with E-state index in [1.54, 1.807) is 27.2 Å². The van der Waals surface area contributed by atoms with Crippen LogP contribution in [0.4, 0.5) is 5.13 Å². The average molecular weight is 422 g/mol. The van der Waals surface area contributed by atoms with Gasteiger partial charge in [-0.3, -0.25) is 14.3 Å². The molecule has 150 valence electrons. The van der Waals surface area contributed by atoms with Gasteiger partial charge in [0, 0.05) is 36.3 Å². The van der Waals surface area contributed by atoms with E-state index in [-0.39, 0.29) is 11.8 Å². The Bertz CT molecular complexity index is 862. The molecule has 3 heterocycles. The first-order chi connectivity index (χ1) is 13.5. The van der Waals surface area contributed by atoms with E-state index in [1.165, 1.54) is 17.4 Å². The highest BCUT2D eigenvalue weighted by molar-refractivity contribution is 7.13. The SMILES string of the molecule is CCCCn1nc(C)c(/C=C/C(=O)N2CCCC2C(=O)Nc2nccs2)c1Cl. The number of halogens is 1. The number of aryl methyl sites for hydroxylation is 2. The number of hydrogen-bond acceptors (Lipinski definition) is 5. The average Bonchev–Trinajstić information content (AvgIpc) is 3.40. The fourth-order valence-corrected chi connectivity index (χ4v) is 4.09. The second-order valence-corrected chi connectivity index (χ2v) is 7.97. The smallest absolute Gasteiger partial charge is 0.248 e. The molecule has 2 amide bonds. The van der Waals surface area contributed by atoms with Gasteiger partial charge in [0.05, 0.1) is 5.69 Å². The molecule has 0 bridgehead atoms. The van der Waals surface area contributed by atoms with Crippen LogP contribution in [0.5, 0.6) is 0 Å². The van der Waals surface area contributed by atoms with Gasteiger partial charge in [-0.05, 0) is 32.3 Å². The number of likely N-dealkylation sites (tertiary alicyclic amines) is 1. The van der Waals surface area contributed by atoms with Crippen molar-refractivity contribution in [2.75, 3.05) is 11.9 Å². The molecule has 1 saturated heterocycles. The van der Waals surface area contributed by atoms with E-state index in [1.807, 2.05) is 6.92 Å². The van der Waals surface area contributed by atoms with Crippen LogP contribution in [-0.2, 0) is 16.1 Å². The highest BCUT2D eigenvalue weighted by Crippen LogP contribution is 2.24. The Kier molecular flexibility index (Phi) is 6.85. The fourth-order valence-electron chi connectivity index (χ4n) is 3.24. The van der Waals surface area contributed by atoms with Crippen LogP contribution in [0.15, 0.2) is 17.7 Å². The maximum absolute atomic E-state index is 12.7. The Morgan fingerprint density at radius 1 is 1.46 bits per heavy atom. The number of thiazole rings is 1. The van der Waals surface area contributed by atoms with Crippen LogP contribution in [0.3, 0.4) is 0 Å². The summed E-state index contributed by atoms with van der Waals surface area (Å²) in [6.45, 7) is 5.30. The molecule has 0 aliphatic carbocycles. The lowest BCUT2D eigenvalue weighted by molar-refractivity contribution is -0.132. The van der Waals surface area contributed by atoms with Crippen LogP contribution < -0.4 is 5.32 Å². The molecule has 0 saturated carbocycles. The second-order valence-electron chi connectivity index (χ2n) is 6.72. The number of aromatic nitrogens is 3. The van der Waals surface area contributed by atoms with Crippen molar-refractivity contribution in [3.05, 3.63) is 34.1 Å². The Hall–Kier alpha value is -2.19. The molecule has 1 unspecified atom stereocenters. The lowest BCUT2D eigenvalue weighted by atomic mass is 10.2. The maximum atomic E-state index is 12.7. The third kappa shape index (κ3) is 4.62. The molecular weight excluding hydrogens is 398 g/mol. The third-order valence-electron chi connectivity index (χ3n) is 4.73. The molecule has 0 aromatic carbocycles. The van der Waals surface area contributed by atoms with Gasteiger partial charge in [0.1, 0.15) is 11.2 Å².